The van der Waals surface area contributed by atoms with E-state index in [1.807, 2.05) is 0 Å². The number of rotatable bonds is 7. The lowest BCUT2D eigenvalue weighted by Gasteiger charge is -2.33. The van der Waals surface area contributed by atoms with Crippen LogP contribution in [-0.2, 0) is 27.2 Å². The molecule has 0 saturated heterocycles. The Kier molecular flexibility index (Phi) is 7.76. The summed E-state index contributed by atoms with van der Waals surface area (Å²) in [5.74, 6) is -2.41. The van der Waals surface area contributed by atoms with Gasteiger partial charge < -0.3 is 25.3 Å². The van der Waals surface area contributed by atoms with Crippen LogP contribution in [0.15, 0.2) is 24.3 Å². The van der Waals surface area contributed by atoms with Crippen molar-refractivity contribution in [1.29, 1.82) is 0 Å². The van der Waals surface area contributed by atoms with Gasteiger partial charge in [0.15, 0.2) is 0 Å². The van der Waals surface area contributed by atoms with Gasteiger partial charge in [0.25, 0.3) is 5.91 Å². The van der Waals surface area contributed by atoms with Crippen molar-refractivity contribution in [2.24, 2.45) is 11.3 Å². The second-order valence-electron chi connectivity index (χ2n) is 9.43. The van der Waals surface area contributed by atoms with Crippen LogP contribution in [-0.4, -0.2) is 30.9 Å². The second-order valence-corrected chi connectivity index (χ2v) is 10.5. The highest BCUT2D eigenvalue weighted by atomic mass is 32.1. The number of para-hydroxylation sites is 1. The van der Waals surface area contributed by atoms with E-state index in [1.165, 1.54) is 18.4 Å². The Labute approximate surface area is 202 Å². The molecule has 2 N–H and O–H groups in total. The molecule has 0 bridgehead atoms. The molecule has 182 valence electrons. The third-order valence-corrected chi connectivity index (χ3v) is 7.28. The van der Waals surface area contributed by atoms with Crippen molar-refractivity contribution in [2.45, 2.75) is 52.9 Å². The van der Waals surface area contributed by atoms with Gasteiger partial charge in [-0.2, -0.15) is 0 Å². The molecule has 0 unspecified atom stereocenters. The highest BCUT2D eigenvalue weighted by Crippen LogP contribution is 2.44. The second kappa shape index (κ2) is 10.4. The smallest absolute Gasteiger partial charge is 0.339 e. The number of carboxylic acid groups (broad SMARTS) is 1. The van der Waals surface area contributed by atoms with Crippen molar-refractivity contribution in [3.63, 3.8) is 0 Å². The zero-order valence-electron chi connectivity index (χ0n) is 19.8. The normalized spacial score (nSPS) is 15.2. The number of nitrogens with one attached hydrogen (secondary N) is 2. The van der Waals surface area contributed by atoms with Crippen LogP contribution in [0.4, 0.5) is 10.7 Å². The van der Waals surface area contributed by atoms with Crippen molar-refractivity contribution < 1.29 is 29.0 Å². The average Bonchev–Trinajstić information content (AvgIpc) is 3.14. The predicted octanol–water partition coefficient (Wildman–Crippen LogP) is 3.41. The maximum absolute atomic E-state index is 13.4. The SMILES string of the molecule is COC(=O)c1ccccc1NC(=O)c1c(NC(=O)CCC(=O)[O-])sc2c1CC[C@@H](C(C)(C)C)C2. The number of amides is 2. The number of thiophene rings is 1. The maximum Gasteiger partial charge on any atom is 0.339 e. The summed E-state index contributed by atoms with van der Waals surface area (Å²) >= 11 is 1.35. The quantitative estimate of drug-likeness (QED) is 0.579. The molecule has 1 aliphatic rings. The van der Waals surface area contributed by atoms with Crippen LogP contribution in [0.25, 0.3) is 0 Å². The highest BCUT2D eigenvalue weighted by Gasteiger charge is 2.34. The Morgan fingerprint density at radius 1 is 1.12 bits per heavy atom. The number of hydrogen-bond donors (Lipinski definition) is 2. The Balaban J connectivity index is 1.96. The zero-order valence-corrected chi connectivity index (χ0v) is 20.6. The number of carbonyl (C=O) groups is 4. The molecule has 0 saturated carbocycles. The summed E-state index contributed by atoms with van der Waals surface area (Å²) in [6, 6.07) is 6.53. The van der Waals surface area contributed by atoms with Crippen LogP contribution < -0.4 is 15.7 Å². The molecule has 0 fully saturated rings. The summed E-state index contributed by atoms with van der Waals surface area (Å²) in [7, 11) is 1.27. The summed E-state index contributed by atoms with van der Waals surface area (Å²) in [6.45, 7) is 6.57. The predicted molar refractivity (Wildman–Crippen MR) is 128 cm³/mol. The molecular formula is C25H29N2O6S-. The van der Waals surface area contributed by atoms with E-state index in [0.29, 0.717) is 28.6 Å². The maximum atomic E-state index is 13.4. The molecule has 1 heterocycles. The molecule has 2 amide bonds. The number of methoxy groups -OCH3 is 1. The van der Waals surface area contributed by atoms with Gasteiger partial charge in [0.05, 0.1) is 23.9 Å². The fourth-order valence-corrected chi connectivity index (χ4v) is 5.46. The first-order valence-electron chi connectivity index (χ1n) is 11.1. The summed E-state index contributed by atoms with van der Waals surface area (Å²) in [5.41, 5.74) is 1.86. The Bertz CT molecular complexity index is 1120. The van der Waals surface area contributed by atoms with Gasteiger partial charge in [0.2, 0.25) is 5.91 Å². The Hall–Kier alpha value is -3.20. The summed E-state index contributed by atoms with van der Waals surface area (Å²) in [5, 5.41) is 16.7. The Morgan fingerprint density at radius 2 is 1.82 bits per heavy atom. The minimum Gasteiger partial charge on any atom is -0.550 e. The van der Waals surface area contributed by atoms with E-state index in [2.05, 4.69) is 31.4 Å². The number of esters is 1. The lowest BCUT2D eigenvalue weighted by molar-refractivity contribution is -0.305. The number of fused-ring (bicyclic) bond motifs is 1. The van der Waals surface area contributed by atoms with E-state index in [9.17, 15) is 24.3 Å². The largest absolute Gasteiger partial charge is 0.550 e. The average molecular weight is 486 g/mol. The van der Waals surface area contributed by atoms with Gasteiger partial charge in [0.1, 0.15) is 5.00 Å². The molecule has 0 spiro atoms. The first-order chi connectivity index (χ1) is 16.0. The topological polar surface area (TPSA) is 125 Å². The lowest BCUT2D eigenvalue weighted by Crippen LogP contribution is -2.27. The molecule has 2 aromatic rings. The van der Waals surface area contributed by atoms with Crippen molar-refractivity contribution in [3.05, 3.63) is 45.8 Å². The van der Waals surface area contributed by atoms with E-state index in [-0.39, 0.29) is 17.4 Å². The van der Waals surface area contributed by atoms with Crippen molar-refractivity contribution >= 4 is 45.8 Å². The number of carbonyl (C=O) groups excluding carboxylic acids is 4. The highest BCUT2D eigenvalue weighted by molar-refractivity contribution is 7.17. The molecule has 3 rings (SSSR count). The summed E-state index contributed by atoms with van der Waals surface area (Å²) in [6.07, 6.45) is 1.73. The number of hydrogen-bond acceptors (Lipinski definition) is 7. The lowest BCUT2D eigenvalue weighted by atomic mass is 9.72. The molecular weight excluding hydrogens is 456 g/mol. The summed E-state index contributed by atoms with van der Waals surface area (Å²) < 4.78 is 4.81. The zero-order chi connectivity index (χ0) is 25.0. The molecule has 8 nitrogen and oxygen atoms in total. The van der Waals surface area contributed by atoms with E-state index in [4.69, 9.17) is 4.74 Å². The van der Waals surface area contributed by atoms with Gasteiger partial charge in [0, 0.05) is 17.3 Å². The van der Waals surface area contributed by atoms with Gasteiger partial charge in [-0.1, -0.05) is 32.9 Å². The third kappa shape index (κ3) is 5.83. The van der Waals surface area contributed by atoms with Crippen LogP contribution in [0.3, 0.4) is 0 Å². The van der Waals surface area contributed by atoms with Crippen LogP contribution in [0, 0.1) is 11.3 Å². The fourth-order valence-electron chi connectivity index (χ4n) is 4.12. The number of anilines is 2. The van der Waals surface area contributed by atoms with Crippen LogP contribution >= 0.6 is 11.3 Å². The van der Waals surface area contributed by atoms with Crippen molar-refractivity contribution in [1.82, 2.24) is 0 Å². The number of carboxylic acids is 1. The third-order valence-electron chi connectivity index (χ3n) is 6.11. The van der Waals surface area contributed by atoms with E-state index >= 15 is 0 Å². The van der Waals surface area contributed by atoms with Gasteiger partial charge in [-0.05, 0) is 54.7 Å². The van der Waals surface area contributed by atoms with Gasteiger partial charge in [-0.3, -0.25) is 9.59 Å². The monoisotopic (exact) mass is 485 g/mol. The number of benzene rings is 1. The van der Waals surface area contributed by atoms with E-state index in [0.717, 1.165) is 23.3 Å². The van der Waals surface area contributed by atoms with E-state index < -0.39 is 30.2 Å². The first-order valence-corrected chi connectivity index (χ1v) is 12.0. The Morgan fingerprint density at radius 3 is 2.47 bits per heavy atom. The minimum absolute atomic E-state index is 0.0987. The molecule has 34 heavy (non-hydrogen) atoms. The van der Waals surface area contributed by atoms with Crippen LogP contribution in [0.2, 0.25) is 0 Å². The molecule has 1 aromatic carbocycles. The van der Waals surface area contributed by atoms with Crippen LogP contribution in [0.1, 0.15) is 71.2 Å². The first kappa shape index (κ1) is 25.4. The van der Waals surface area contributed by atoms with Crippen LogP contribution in [0.5, 0.6) is 0 Å². The molecule has 0 aliphatic heterocycles. The van der Waals surface area contributed by atoms with E-state index in [1.54, 1.807) is 24.3 Å². The van der Waals surface area contributed by atoms with Gasteiger partial charge >= 0.3 is 5.97 Å². The molecule has 0 radical (unpaired) electrons. The summed E-state index contributed by atoms with van der Waals surface area (Å²) in [4.78, 5) is 49.7. The van der Waals surface area contributed by atoms with Crippen molar-refractivity contribution in [3.8, 4) is 0 Å². The van der Waals surface area contributed by atoms with Crippen molar-refractivity contribution in [2.75, 3.05) is 17.7 Å². The fraction of sp³-hybridized carbons (Fsp3) is 0.440. The molecule has 1 aromatic heterocycles. The standard InChI is InChI=1S/C25H30N2O6S/c1-25(2,3)14-9-10-16-18(13-14)34-23(27-19(28)11-12-20(29)30)21(16)22(31)26-17-8-6-5-7-15(17)24(32)33-4/h5-8,14H,9-13H2,1-4H3,(H,26,31)(H,27,28)(H,29,30)/p-1/t14-/m1/s1. The molecule has 1 aliphatic carbocycles. The van der Waals surface area contributed by atoms with Gasteiger partial charge in [-0.15, -0.1) is 11.3 Å². The molecule has 9 heteroatoms. The number of ether oxygens (including phenoxy) is 1. The minimum atomic E-state index is -1.31. The number of aliphatic carboxylic acids is 1. The molecule has 1 atom stereocenters. The van der Waals surface area contributed by atoms with Gasteiger partial charge in [-0.25, -0.2) is 4.79 Å².